The summed E-state index contributed by atoms with van der Waals surface area (Å²) in [5, 5.41) is 4.55. The third kappa shape index (κ3) is 2.68. The molecule has 1 N–H and O–H groups in total. The number of halogens is 1. The molecule has 2 aliphatic rings. The molecule has 0 aromatic heterocycles. The summed E-state index contributed by atoms with van der Waals surface area (Å²) in [4.78, 5) is 0. The van der Waals surface area contributed by atoms with Gasteiger partial charge in [0.25, 0.3) is 0 Å². The minimum Gasteiger partial charge on any atom is -0.316 e. The highest BCUT2D eigenvalue weighted by Crippen LogP contribution is 2.51. The molecule has 3 rings (SSSR count). The summed E-state index contributed by atoms with van der Waals surface area (Å²) >= 11 is 6.47. The molecular weight excluding hydrogens is 254 g/mol. The SMILES string of the molecule is Clc1ccccc1C1CNCCC12CCCCCC2. The first-order valence-electron chi connectivity index (χ1n) is 7.77. The van der Waals surface area contributed by atoms with Gasteiger partial charge in [0.1, 0.15) is 0 Å². The third-order valence-corrected chi connectivity index (χ3v) is 5.61. The Bertz CT molecular complexity index is 421. The topological polar surface area (TPSA) is 12.0 Å². The van der Waals surface area contributed by atoms with Gasteiger partial charge in [0.2, 0.25) is 0 Å². The molecule has 104 valence electrons. The van der Waals surface area contributed by atoms with Crippen LogP contribution in [0.4, 0.5) is 0 Å². The monoisotopic (exact) mass is 277 g/mol. The zero-order valence-electron chi connectivity index (χ0n) is 11.6. The van der Waals surface area contributed by atoms with Crippen LogP contribution in [0.3, 0.4) is 0 Å². The Hall–Kier alpha value is -0.530. The second-order valence-corrected chi connectivity index (χ2v) is 6.71. The van der Waals surface area contributed by atoms with Gasteiger partial charge in [-0.3, -0.25) is 0 Å². The van der Waals surface area contributed by atoms with Gasteiger partial charge in [0.15, 0.2) is 0 Å². The first-order valence-corrected chi connectivity index (χ1v) is 8.15. The molecule has 1 heterocycles. The second kappa shape index (κ2) is 5.85. The summed E-state index contributed by atoms with van der Waals surface area (Å²) in [6, 6.07) is 8.48. The third-order valence-electron chi connectivity index (χ3n) is 5.27. The molecule has 19 heavy (non-hydrogen) atoms. The number of piperidine rings is 1. The van der Waals surface area contributed by atoms with Gasteiger partial charge < -0.3 is 5.32 Å². The Morgan fingerprint density at radius 2 is 1.74 bits per heavy atom. The number of rotatable bonds is 1. The van der Waals surface area contributed by atoms with Gasteiger partial charge in [-0.15, -0.1) is 0 Å². The molecule has 1 spiro atoms. The van der Waals surface area contributed by atoms with Crippen molar-refractivity contribution >= 4 is 11.6 Å². The molecule has 1 saturated heterocycles. The summed E-state index contributed by atoms with van der Waals surface area (Å²) in [7, 11) is 0. The van der Waals surface area contributed by atoms with E-state index in [0.29, 0.717) is 11.3 Å². The summed E-state index contributed by atoms with van der Waals surface area (Å²) in [5.74, 6) is 0.605. The molecule has 2 fully saturated rings. The molecule has 1 saturated carbocycles. The zero-order chi connectivity index (χ0) is 13.1. The van der Waals surface area contributed by atoms with Crippen molar-refractivity contribution in [2.45, 2.75) is 50.9 Å². The van der Waals surface area contributed by atoms with Crippen molar-refractivity contribution in [1.29, 1.82) is 0 Å². The van der Waals surface area contributed by atoms with Gasteiger partial charge in [0, 0.05) is 17.5 Å². The van der Waals surface area contributed by atoms with Crippen molar-refractivity contribution in [1.82, 2.24) is 5.32 Å². The van der Waals surface area contributed by atoms with Crippen LogP contribution in [0.2, 0.25) is 5.02 Å². The van der Waals surface area contributed by atoms with Crippen LogP contribution in [0.5, 0.6) is 0 Å². The molecule has 1 aliphatic carbocycles. The average molecular weight is 278 g/mol. The number of benzene rings is 1. The highest BCUT2D eigenvalue weighted by molar-refractivity contribution is 6.31. The van der Waals surface area contributed by atoms with Crippen LogP contribution >= 0.6 is 11.6 Å². The van der Waals surface area contributed by atoms with Crippen molar-refractivity contribution < 1.29 is 0 Å². The summed E-state index contributed by atoms with van der Waals surface area (Å²) < 4.78 is 0. The standard InChI is InChI=1S/C17H24ClN/c18-16-8-4-3-7-14(16)15-13-19-12-11-17(15)9-5-1-2-6-10-17/h3-4,7-8,15,19H,1-2,5-6,9-13H2. The van der Waals surface area contributed by atoms with E-state index in [-0.39, 0.29) is 0 Å². The van der Waals surface area contributed by atoms with Crippen LogP contribution in [-0.2, 0) is 0 Å². The molecule has 1 aromatic carbocycles. The zero-order valence-corrected chi connectivity index (χ0v) is 12.4. The van der Waals surface area contributed by atoms with E-state index < -0.39 is 0 Å². The molecule has 2 heteroatoms. The Balaban J connectivity index is 1.94. The highest BCUT2D eigenvalue weighted by Gasteiger charge is 2.41. The van der Waals surface area contributed by atoms with E-state index in [4.69, 9.17) is 11.6 Å². The van der Waals surface area contributed by atoms with Crippen LogP contribution in [0, 0.1) is 5.41 Å². The molecule has 1 aliphatic heterocycles. The largest absolute Gasteiger partial charge is 0.316 e. The molecule has 0 amide bonds. The Kier molecular flexibility index (Phi) is 4.14. The van der Waals surface area contributed by atoms with Crippen molar-refractivity contribution in [3.8, 4) is 0 Å². The maximum atomic E-state index is 6.47. The predicted molar refractivity (Wildman–Crippen MR) is 81.8 cm³/mol. The summed E-state index contributed by atoms with van der Waals surface area (Å²) in [6.07, 6.45) is 9.76. The molecule has 0 radical (unpaired) electrons. The average Bonchev–Trinajstić information content (AvgIpc) is 2.67. The van der Waals surface area contributed by atoms with Crippen LogP contribution in [0.25, 0.3) is 0 Å². The maximum Gasteiger partial charge on any atom is 0.0441 e. The molecule has 1 atom stereocenters. The Labute approximate surface area is 121 Å². The fourth-order valence-electron chi connectivity index (χ4n) is 4.20. The van der Waals surface area contributed by atoms with E-state index >= 15 is 0 Å². The smallest absolute Gasteiger partial charge is 0.0441 e. The van der Waals surface area contributed by atoms with E-state index in [2.05, 4.69) is 23.5 Å². The molecular formula is C17H24ClN. The quantitative estimate of drug-likeness (QED) is 0.781. The number of nitrogens with one attached hydrogen (secondary N) is 1. The lowest BCUT2D eigenvalue weighted by Gasteiger charge is -2.45. The van der Waals surface area contributed by atoms with Crippen molar-refractivity contribution in [2.75, 3.05) is 13.1 Å². The maximum absolute atomic E-state index is 6.47. The fourth-order valence-corrected chi connectivity index (χ4v) is 4.47. The lowest BCUT2D eigenvalue weighted by molar-refractivity contribution is 0.136. The molecule has 1 aromatic rings. The van der Waals surface area contributed by atoms with Crippen molar-refractivity contribution in [2.24, 2.45) is 5.41 Å². The lowest BCUT2D eigenvalue weighted by Crippen LogP contribution is -2.43. The molecule has 1 nitrogen and oxygen atoms in total. The molecule has 1 unspecified atom stereocenters. The Morgan fingerprint density at radius 1 is 1.00 bits per heavy atom. The minimum atomic E-state index is 0.507. The number of hydrogen-bond acceptors (Lipinski definition) is 1. The van der Waals surface area contributed by atoms with Crippen LogP contribution in [0.15, 0.2) is 24.3 Å². The van der Waals surface area contributed by atoms with Crippen molar-refractivity contribution in [3.63, 3.8) is 0 Å². The van der Waals surface area contributed by atoms with E-state index in [1.807, 2.05) is 6.07 Å². The normalized spacial score (nSPS) is 27.1. The van der Waals surface area contributed by atoms with Gasteiger partial charge in [-0.2, -0.15) is 0 Å². The Morgan fingerprint density at radius 3 is 2.47 bits per heavy atom. The first-order chi connectivity index (χ1) is 9.32. The van der Waals surface area contributed by atoms with Crippen molar-refractivity contribution in [3.05, 3.63) is 34.9 Å². The first kappa shape index (κ1) is 13.5. The van der Waals surface area contributed by atoms with Gasteiger partial charge >= 0.3 is 0 Å². The lowest BCUT2D eigenvalue weighted by atomic mass is 9.64. The summed E-state index contributed by atoms with van der Waals surface area (Å²) in [6.45, 7) is 2.28. The second-order valence-electron chi connectivity index (χ2n) is 6.30. The van der Waals surface area contributed by atoms with E-state index in [9.17, 15) is 0 Å². The molecule has 0 bridgehead atoms. The van der Waals surface area contributed by atoms with Gasteiger partial charge in [-0.05, 0) is 42.9 Å². The van der Waals surface area contributed by atoms with Gasteiger partial charge in [0.05, 0.1) is 0 Å². The van der Waals surface area contributed by atoms with Crippen LogP contribution < -0.4 is 5.32 Å². The predicted octanol–water partition coefficient (Wildman–Crippen LogP) is 4.76. The van der Waals surface area contributed by atoms with Gasteiger partial charge in [-0.25, -0.2) is 0 Å². The van der Waals surface area contributed by atoms with E-state index in [1.165, 1.54) is 57.1 Å². The van der Waals surface area contributed by atoms with Gasteiger partial charge in [-0.1, -0.05) is 55.5 Å². The van der Waals surface area contributed by atoms with Crippen LogP contribution in [0.1, 0.15) is 56.4 Å². The fraction of sp³-hybridized carbons (Fsp3) is 0.647. The highest BCUT2D eigenvalue weighted by atomic mass is 35.5. The van der Waals surface area contributed by atoms with Crippen LogP contribution in [-0.4, -0.2) is 13.1 Å². The number of hydrogen-bond donors (Lipinski definition) is 1. The van der Waals surface area contributed by atoms with E-state index in [1.54, 1.807) is 0 Å². The summed E-state index contributed by atoms with van der Waals surface area (Å²) in [5.41, 5.74) is 1.88. The minimum absolute atomic E-state index is 0.507. The van der Waals surface area contributed by atoms with E-state index in [0.717, 1.165) is 11.6 Å².